The van der Waals surface area contributed by atoms with Crippen LogP contribution >= 0.6 is 15.9 Å². The minimum absolute atomic E-state index is 0.0102. The van der Waals surface area contributed by atoms with Gasteiger partial charge in [-0.15, -0.1) is 0 Å². The van der Waals surface area contributed by atoms with Gasteiger partial charge in [0.25, 0.3) is 0 Å². The maximum atomic E-state index is 10.6. The quantitative estimate of drug-likeness (QED) is 0.834. The number of halogens is 1. The molecule has 0 spiro atoms. The van der Waals surface area contributed by atoms with Crippen LogP contribution in [0.25, 0.3) is 0 Å². The van der Waals surface area contributed by atoms with Gasteiger partial charge < -0.3 is 9.84 Å². The standard InChI is InChI=1S/C17H25BrO2/c1-2-20-17(14-6-4-3-5-7-14)16(19)12-13-8-10-15(18)11-9-13/h8-11,14,16-17,19H,2-7,12H2,1H3. The van der Waals surface area contributed by atoms with Crippen molar-refractivity contribution in [1.29, 1.82) is 0 Å². The van der Waals surface area contributed by atoms with Gasteiger partial charge in [0.05, 0.1) is 12.2 Å². The molecular formula is C17H25BrO2. The second kappa shape index (κ2) is 8.16. The van der Waals surface area contributed by atoms with Gasteiger partial charge >= 0.3 is 0 Å². The molecule has 20 heavy (non-hydrogen) atoms. The summed E-state index contributed by atoms with van der Waals surface area (Å²) in [5, 5.41) is 10.6. The molecule has 0 amide bonds. The molecule has 0 radical (unpaired) electrons. The average Bonchev–Trinajstić information content (AvgIpc) is 2.48. The monoisotopic (exact) mass is 340 g/mol. The van der Waals surface area contributed by atoms with Crippen LogP contribution in [0, 0.1) is 5.92 Å². The minimum atomic E-state index is -0.403. The van der Waals surface area contributed by atoms with E-state index >= 15 is 0 Å². The van der Waals surface area contributed by atoms with Crippen molar-refractivity contribution in [3.8, 4) is 0 Å². The first-order chi connectivity index (χ1) is 9.70. The topological polar surface area (TPSA) is 29.5 Å². The highest BCUT2D eigenvalue weighted by Crippen LogP contribution is 2.30. The Hall–Kier alpha value is -0.380. The molecule has 1 saturated carbocycles. The second-order valence-electron chi connectivity index (χ2n) is 5.72. The first kappa shape index (κ1) is 16.0. The van der Waals surface area contributed by atoms with Crippen molar-refractivity contribution in [2.24, 2.45) is 5.92 Å². The van der Waals surface area contributed by atoms with Gasteiger partial charge in [0.2, 0.25) is 0 Å². The number of aliphatic hydroxyl groups is 1. The van der Waals surface area contributed by atoms with E-state index in [2.05, 4.69) is 28.1 Å². The zero-order valence-electron chi connectivity index (χ0n) is 12.2. The molecule has 2 atom stereocenters. The lowest BCUT2D eigenvalue weighted by atomic mass is 9.82. The minimum Gasteiger partial charge on any atom is -0.390 e. The number of benzene rings is 1. The van der Waals surface area contributed by atoms with Crippen LogP contribution in [-0.4, -0.2) is 23.9 Å². The highest BCUT2D eigenvalue weighted by Gasteiger charge is 2.30. The van der Waals surface area contributed by atoms with E-state index in [0.717, 1.165) is 4.47 Å². The fourth-order valence-electron chi connectivity index (χ4n) is 3.19. The summed E-state index contributed by atoms with van der Waals surface area (Å²) in [6.45, 7) is 2.70. The van der Waals surface area contributed by atoms with E-state index in [1.165, 1.54) is 37.7 Å². The Morgan fingerprint density at radius 3 is 2.45 bits per heavy atom. The molecule has 0 aromatic heterocycles. The predicted octanol–water partition coefficient (Wildman–Crippen LogP) is 4.34. The molecule has 2 rings (SSSR count). The van der Waals surface area contributed by atoms with Crippen LogP contribution in [-0.2, 0) is 11.2 Å². The fourth-order valence-corrected chi connectivity index (χ4v) is 3.46. The largest absolute Gasteiger partial charge is 0.390 e. The zero-order valence-corrected chi connectivity index (χ0v) is 13.8. The van der Waals surface area contributed by atoms with Gasteiger partial charge in [0.1, 0.15) is 0 Å². The molecule has 2 nitrogen and oxygen atoms in total. The lowest BCUT2D eigenvalue weighted by Crippen LogP contribution is -2.38. The predicted molar refractivity (Wildman–Crippen MR) is 85.8 cm³/mol. The maximum absolute atomic E-state index is 10.6. The SMILES string of the molecule is CCOC(C(O)Cc1ccc(Br)cc1)C1CCCCC1. The fraction of sp³-hybridized carbons (Fsp3) is 0.647. The summed E-state index contributed by atoms with van der Waals surface area (Å²) < 4.78 is 6.95. The third kappa shape index (κ3) is 4.57. The molecule has 0 heterocycles. The molecule has 0 aliphatic heterocycles. The molecular weight excluding hydrogens is 316 g/mol. The van der Waals surface area contributed by atoms with Crippen LogP contribution in [0.15, 0.2) is 28.7 Å². The first-order valence-electron chi connectivity index (χ1n) is 7.74. The van der Waals surface area contributed by atoms with Crippen molar-refractivity contribution in [1.82, 2.24) is 0 Å². The van der Waals surface area contributed by atoms with E-state index in [4.69, 9.17) is 4.74 Å². The highest BCUT2D eigenvalue weighted by atomic mass is 79.9. The molecule has 1 aromatic rings. The number of rotatable bonds is 6. The third-order valence-corrected chi connectivity index (χ3v) is 4.74. The zero-order chi connectivity index (χ0) is 14.4. The second-order valence-corrected chi connectivity index (χ2v) is 6.63. The summed E-state index contributed by atoms with van der Waals surface area (Å²) in [7, 11) is 0. The Labute approximate surface area is 130 Å². The summed E-state index contributed by atoms with van der Waals surface area (Å²) >= 11 is 3.44. The summed E-state index contributed by atoms with van der Waals surface area (Å²) in [6.07, 6.45) is 6.54. The van der Waals surface area contributed by atoms with Gasteiger partial charge in [-0.1, -0.05) is 47.3 Å². The number of hydrogen-bond donors (Lipinski definition) is 1. The first-order valence-corrected chi connectivity index (χ1v) is 8.54. The van der Waals surface area contributed by atoms with E-state index in [9.17, 15) is 5.11 Å². The molecule has 1 aliphatic carbocycles. The Morgan fingerprint density at radius 2 is 1.85 bits per heavy atom. The molecule has 112 valence electrons. The summed E-state index contributed by atoms with van der Waals surface area (Å²) in [5.74, 6) is 0.522. The lowest BCUT2D eigenvalue weighted by Gasteiger charge is -2.33. The van der Waals surface area contributed by atoms with Crippen molar-refractivity contribution in [2.45, 2.75) is 57.7 Å². The summed E-state index contributed by atoms with van der Waals surface area (Å²) in [4.78, 5) is 0. The van der Waals surface area contributed by atoms with E-state index in [1.807, 2.05) is 19.1 Å². The van der Waals surface area contributed by atoms with Gasteiger partial charge in [-0.25, -0.2) is 0 Å². The molecule has 1 aromatic carbocycles. The Bertz CT molecular complexity index is 384. The van der Waals surface area contributed by atoms with Crippen molar-refractivity contribution in [2.75, 3.05) is 6.61 Å². The Kier molecular flexibility index (Phi) is 6.53. The van der Waals surface area contributed by atoms with E-state index < -0.39 is 6.10 Å². The van der Waals surface area contributed by atoms with E-state index in [-0.39, 0.29) is 6.10 Å². The summed E-state index contributed by atoms with van der Waals surface area (Å²) in [5.41, 5.74) is 1.17. The Morgan fingerprint density at radius 1 is 1.20 bits per heavy atom. The smallest absolute Gasteiger partial charge is 0.0865 e. The van der Waals surface area contributed by atoms with Crippen LogP contribution < -0.4 is 0 Å². The van der Waals surface area contributed by atoms with Crippen LogP contribution in [0.2, 0.25) is 0 Å². The van der Waals surface area contributed by atoms with Gasteiger partial charge in [0.15, 0.2) is 0 Å². The number of hydrogen-bond acceptors (Lipinski definition) is 2. The van der Waals surface area contributed by atoms with Crippen molar-refractivity contribution in [3.05, 3.63) is 34.3 Å². The molecule has 2 unspecified atom stereocenters. The average molecular weight is 341 g/mol. The molecule has 1 aliphatic rings. The maximum Gasteiger partial charge on any atom is 0.0865 e. The van der Waals surface area contributed by atoms with Crippen LogP contribution in [0.3, 0.4) is 0 Å². The molecule has 1 N–H and O–H groups in total. The van der Waals surface area contributed by atoms with Crippen molar-refractivity contribution in [3.63, 3.8) is 0 Å². The van der Waals surface area contributed by atoms with Crippen molar-refractivity contribution < 1.29 is 9.84 Å². The number of ether oxygens (including phenoxy) is 1. The van der Waals surface area contributed by atoms with Gasteiger partial charge in [-0.2, -0.15) is 0 Å². The number of aliphatic hydroxyl groups excluding tert-OH is 1. The third-order valence-electron chi connectivity index (χ3n) is 4.21. The molecule has 0 saturated heterocycles. The van der Waals surface area contributed by atoms with E-state index in [0.29, 0.717) is 18.9 Å². The van der Waals surface area contributed by atoms with Crippen molar-refractivity contribution >= 4 is 15.9 Å². The van der Waals surface area contributed by atoms with Crippen LogP contribution in [0.1, 0.15) is 44.6 Å². The lowest BCUT2D eigenvalue weighted by molar-refractivity contribution is -0.0715. The normalized spacial score (nSPS) is 19.8. The van der Waals surface area contributed by atoms with Gasteiger partial charge in [-0.05, 0) is 43.4 Å². The highest BCUT2D eigenvalue weighted by molar-refractivity contribution is 9.10. The van der Waals surface area contributed by atoms with Gasteiger partial charge in [0, 0.05) is 17.5 Å². The summed E-state index contributed by atoms with van der Waals surface area (Å²) in [6, 6.07) is 8.19. The Balaban J connectivity index is 1.98. The van der Waals surface area contributed by atoms with Crippen LogP contribution in [0.4, 0.5) is 0 Å². The van der Waals surface area contributed by atoms with Gasteiger partial charge in [-0.3, -0.25) is 0 Å². The molecule has 0 bridgehead atoms. The van der Waals surface area contributed by atoms with E-state index in [1.54, 1.807) is 0 Å². The molecule has 1 fully saturated rings. The van der Waals surface area contributed by atoms with Crippen LogP contribution in [0.5, 0.6) is 0 Å². The molecule has 3 heteroatoms.